The molecule has 2 aromatic rings. The van der Waals surface area contributed by atoms with Gasteiger partial charge in [-0.05, 0) is 56.6 Å². The van der Waals surface area contributed by atoms with E-state index in [2.05, 4.69) is 52.7 Å². The molecular weight excluding hydrogens is 362 g/mol. The van der Waals surface area contributed by atoms with Gasteiger partial charge in [-0.15, -0.1) is 0 Å². The Morgan fingerprint density at radius 1 is 1.28 bits per heavy atom. The Labute approximate surface area is 174 Å². The maximum absolute atomic E-state index is 6.17. The van der Waals surface area contributed by atoms with E-state index in [1.165, 1.54) is 36.8 Å². The largest absolute Gasteiger partial charge is 0.490 e. The predicted molar refractivity (Wildman–Crippen MR) is 116 cm³/mol. The summed E-state index contributed by atoms with van der Waals surface area (Å²) in [5.41, 5.74) is 2.49. The molecule has 0 spiro atoms. The van der Waals surface area contributed by atoms with Crippen LogP contribution in [-0.4, -0.2) is 46.4 Å². The number of aryl methyl sites for hydroxylation is 1. The van der Waals surface area contributed by atoms with Crippen LogP contribution in [0.5, 0.6) is 5.75 Å². The van der Waals surface area contributed by atoms with Crippen LogP contribution < -0.4 is 10.1 Å². The van der Waals surface area contributed by atoms with Crippen molar-refractivity contribution in [1.82, 2.24) is 20.0 Å². The highest BCUT2D eigenvalue weighted by atomic mass is 16.5. The fourth-order valence-electron chi connectivity index (χ4n) is 4.11. The van der Waals surface area contributed by atoms with Crippen molar-refractivity contribution in [3.8, 4) is 5.75 Å². The molecule has 2 aliphatic rings. The van der Waals surface area contributed by atoms with Crippen LogP contribution >= 0.6 is 0 Å². The SMILES string of the molecule is CCNC(=NCc1ccccc1OC1CCC1)N1CCC(Cc2cnn(C)c2)C1. The second-order valence-electron chi connectivity index (χ2n) is 8.28. The van der Waals surface area contributed by atoms with E-state index in [4.69, 9.17) is 9.73 Å². The molecule has 156 valence electrons. The molecular formula is C23H33N5O. The number of para-hydroxylation sites is 1. The zero-order valence-electron chi connectivity index (χ0n) is 17.7. The highest BCUT2D eigenvalue weighted by molar-refractivity contribution is 5.80. The van der Waals surface area contributed by atoms with E-state index in [-0.39, 0.29) is 0 Å². The van der Waals surface area contributed by atoms with Gasteiger partial charge in [0.2, 0.25) is 0 Å². The van der Waals surface area contributed by atoms with E-state index in [1.807, 2.05) is 17.9 Å². The quantitative estimate of drug-likeness (QED) is 0.577. The summed E-state index contributed by atoms with van der Waals surface area (Å²) in [6, 6.07) is 8.34. The molecule has 1 saturated heterocycles. The Morgan fingerprint density at radius 3 is 2.86 bits per heavy atom. The van der Waals surface area contributed by atoms with Crippen LogP contribution in [0.1, 0.15) is 43.7 Å². The molecule has 1 aromatic heterocycles. The number of nitrogens with zero attached hydrogens (tertiary/aromatic N) is 4. The highest BCUT2D eigenvalue weighted by Gasteiger charge is 2.25. The lowest BCUT2D eigenvalue weighted by atomic mass is 9.96. The molecule has 0 bridgehead atoms. The van der Waals surface area contributed by atoms with Crippen molar-refractivity contribution in [2.75, 3.05) is 19.6 Å². The molecule has 1 N–H and O–H groups in total. The van der Waals surface area contributed by atoms with Gasteiger partial charge in [-0.2, -0.15) is 5.10 Å². The molecule has 2 heterocycles. The average molecular weight is 396 g/mol. The molecule has 1 atom stereocenters. The van der Waals surface area contributed by atoms with Crippen molar-refractivity contribution >= 4 is 5.96 Å². The van der Waals surface area contributed by atoms with E-state index in [9.17, 15) is 0 Å². The number of hydrogen-bond donors (Lipinski definition) is 1. The number of aromatic nitrogens is 2. The number of likely N-dealkylation sites (tertiary alicyclic amines) is 1. The molecule has 6 nitrogen and oxygen atoms in total. The lowest BCUT2D eigenvalue weighted by molar-refractivity contribution is 0.119. The van der Waals surface area contributed by atoms with E-state index in [1.54, 1.807) is 0 Å². The van der Waals surface area contributed by atoms with E-state index >= 15 is 0 Å². The van der Waals surface area contributed by atoms with E-state index < -0.39 is 0 Å². The molecule has 1 unspecified atom stereocenters. The normalized spacial score (nSPS) is 20.0. The fraction of sp³-hybridized carbons (Fsp3) is 0.565. The summed E-state index contributed by atoms with van der Waals surface area (Å²) < 4.78 is 8.06. The lowest BCUT2D eigenvalue weighted by Crippen LogP contribution is -2.40. The molecule has 1 aliphatic carbocycles. The van der Waals surface area contributed by atoms with Gasteiger partial charge in [0.05, 0.1) is 18.8 Å². The third-order valence-corrected chi connectivity index (χ3v) is 5.92. The number of guanidine groups is 1. The topological polar surface area (TPSA) is 54.7 Å². The number of hydrogen-bond acceptors (Lipinski definition) is 3. The van der Waals surface area contributed by atoms with Crippen molar-refractivity contribution in [2.45, 2.75) is 51.7 Å². The van der Waals surface area contributed by atoms with Gasteiger partial charge in [0.1, 0.15) is 5.75 Å². The van der Waals surface area contributed by atoms with Gasteiger partial charge in [0, 0.05) is 38.4 Å². The van der Waals surface area contributed by atoms with E-state index in [0.717, 1.165) is 37.8 Å². The standard InChI is InChI=1S/C23H33N5O/c1-3-24-23(28-12-11-18(17-28)13-19-14-26-27(2)16-19)25-15-20-7-4-5-10-22(20)29-21-8-6-9-21/h4-5,7,10,14,16,18,21H,3,6,8-9,11-13,15,17H2,1-2H3,(H,24,25). The van der Waals surface area contributed by atoms with Crippen molar-refractivity contribution in [3.63, 3.8) is 0 Å². The second-order valence-corrected chi connectivity index (χ2v) is 8.28. The van der Waals surface area contributed by atoms with Crippen molar-refractivity contribution < 1.29 is 4.74 Å². The van der Waals surface area contributed by atoms with Gasteiger partial charge in [0.25, 0.3) is 0 Å². The molecule has 29 heavy (non-hydrogen) atoms. The van der Waals surface area contributed by atoms with Gasteiger partial charge in [-0.1, -0.05) is 18.2 Å². The van der Waals surface area contributed by atoms with Crippen LogP contribution in [0.2, 0.25) is 0 Å². The Morgan fingerprint density at radius 2 is 2.14 bits per heavy atom. The van der Waals surface area contributed by atoms with Crippen molar-refractivity contribution in [1.29, 1.82) is 0 Å². The van der Waals surface area contributed by atoms with E-state index in [0.29, 0.717) is 18.6 Å². The zero-order chi connectivity index (χ0) is 20.1. The number of benzene rings is 1. The lowest BCUT2D eigenvalue weighted by Gasteiger charge is -2.27. The Kier molecular flexibility index (Phi) is 6.37. The monoisotopic (exact) mass is 395 g/mol. The summed E-state index contributed by atoms with van der Waals surface area (Å²) in [6.07, 6.45) is 10.4. The van der Waals surface area contributed by atoms with Crippen molar-refractivity contribution in [2.24, 2.45) is 18.0 Å². The third kappa shape index (κ3) is 5.11. The molecule has 6 heteroatoms. The van der Waals surface area contributed by atoms with Crippen LogP contribution in [-0.2, 0) is 20.0 Å². The maximum atomic E-state index is 6.17. The average Bonchev–Trinajstić information content (AvgIpc) is 3.32. The van der Waals surface area contributed by atoms with Crippen LogP contribution in [0.4, 0.5) is 0 Å². The highest BCUT2D eigenvalue weighted by Crippen LogP contribution is 2.28. The van der Waals surface area contributed by atoms with Gasteiger partial charge in [-0.3, -0.25) is 4.68 Å². The Hall–Kier alpha value is -2.50. The minimum Gasteiger partial charge on any atom is -0.490 e. The number of aliphatic imine (C=N–C) groups is 1. The smallest absolute Gasteiger partial charge is 0.194 e. The molecule has 4 rings (SSSR count). The first kappa shape index (κ1) is 19.8. The first-order valence-electron chi connectivity index (χ1n) is 11.0. The summed E-state index contributed by atoms with van der Waals surface area (Å²) in [5.74, 6) is 2.66. The first-order chi connectivity index (χ1) is 14.2. The minimum atomic E-state index is 0.389. The number of rotatable bonds is 7. The summed E-state index contributed by atoms with van der Waals surface area (Å²) >= 11 is 0. The van der Waals surface area contributed by atoms with Gasteiger partial charge < -0.3 is 15.0 Å². The number of ether oxygens (including phenoxy) is 1. The molecule has 0 radical (unpaired) electrons. The second kappa shape index (κ2) is 9.33. The minimum absolute atomic E-state index is 0.389. The third-order valence-electron chi connectivity index (χ3n) is 5.92. The molecule has 1 aliphatic heterocycles. The maximum Gasteiger partial charge on any atom is 0.194 e. The summed E-state index contributed by atoms with van der Waals surface area (Å²) in [4.78, 5) is 7.36. The van der Waals surface area contributed by atoms with Crippen LogP contribution in [0.25, 0.3) is 0 Å². The zero-order valence-corrected chi connectivity index (χ0v) is 17.7. The Balaban J connectivity index is 1.39. The van der Waals surface area contributed by atoms with Crippen LogP contribution in [0, 0.1) is 5.92 Å². The van der Waals surface area contributed by atoms with Gasteiger partial charge >= 0.3 is 0 Å². The Bertz CT molecular complexity index is 826. The number of nitrogens with one attached hydrogen (secondary N) is 1. The summed E-state index contributed by atoms with van der Waals surface area (Å²) in [6.45, 7) is 5.75. The van der Waals surface area contributed by atoms with Gasteiger partial charge in [-0.25, -0.2) is 4.99 Å². The molecule has 1 aromatic carbocycles. The molecule has 1 saturated carbocycles. The fourth-order valence-corrected chi connectivity index (χ4v) is 4.11. The summed E-state index contributed by atoms with van der Waals surface area (Å²) in [5, 5.41) is 7.78. The predicted octanol–water partition coefficient (Wildman–Crippen LogP) is 3.38. The van der Waals surface area contributed by atoms with Crippen molar-refractivity contribution in [3.05, 3.63) is 47.8 Å². The summed E-state index contributed by atoms with van der Waals surface area (Å²) in [7, 11) is 1.98. The molecule has 0 amide bonds. The van der Waals surface area contributed by atoms with Crippen LogP contribution in [0.3, 0.4) is 0 Å². The van der Waals surface area contributed by atoms with Crippen LogP contribution in [0.15, 0.2) is 41.7 Å². The first-order valence-corrected chi connectivity index (χ1v) is 11.0. The molecule has 2 fully saturated rings. The van der Waals surface area contributed by atoms with Gasteiger partial charge in [0.15, 0.2) is 5.96 Å².